The second-order valence-corrected chi connectivity index (χ2v) is 9.01. The Morgan fingerprint density at radius 3 is 2.45 bits per heavy atom. The first kappa shape index (κ1) is 16.2. The van der Waals surface area contributed by atoms with Gasteiger partial charge in [0.05, 0.1) is 11.7 Å². The lowest BCUT2D eigenvalue weighted by atomic mass is 9.71. The van der Waals surface area contributed by atoms with Crippen molar-refractivity contribution < 1.29 is 17.9 Å². The van der Waals surface area contributed by atoms with Crippen LogP contribution in [0.1, 0.15) is 32.6 Å². The highest BCUT2D eigenvalue weighted by molar-refractivity contribution is 7.89. The summed E-state index contributed by atoms with van der Waals surface area (Å²) in [5.74, 6) is 0.0635. The second kappa shape index (κ2) is 6.09. The number of carbonyl (C=O) groups is 1. The van der Waals surface area contributed by atoms with E-state index in [0.29, 0.717) is 26.3 Å². The van der Waals surface area contributed by atoms with Crippen molar-refractivity contribution in [1.29, 1.82) is 0 Å². The summed E-state index contributed by atoms with van der Waals surface area (Å²) in [7, 11) is -3.24. The molecule has 1 unspecified atom stereocenters. The van der Waals surface area contributed by atoms with Gasteiger partial charge in [-0.1, -0.05) is 0 Å². The van der Waals surface area contributed by atoms with Crippen molar-refractivity contribution >= 4 is 15.9 Å². The van der Waals surface area contributed by atoms with Crippen LogP contribution >= 0.6 is 0 Å². The van der Waals surface area contributed by atoms with Gasteiger partial charge in [-0.2, -0.15) is 0 Å². The number of amides is 1. The van der Waals surface area contributed by atoms with Gasteiger partial charge >= 0.3 is 0 Å². The highest BCUT2D eigenvalue weighted by Crippen LogP contribution is 2.46. The fourth-order valence-electron chi connectivity index (χ4n) is 4.10. The summed E-state index contributed by atoms with van der Waals surface area (Å²) in [4.78, 5) is 14.9. The summed E-state index contributed by atoms with van der Waals surface area (Å²) in [6.45, 7) is 5.41. The molecule has 0 aromatic carbocycles. The van der Waals surface area contributed by atoms with Gasteiger partial charge in [0.25, 0.3) is 0 Å². The van der Waals surface area contributed by atoms with E-state index in [0.717, 1.165) is 38.8 Å². The van der Waals surface area contributed by atoms with Gasteiger partial charge in [-0.25, -0.2) is 12.7 Å². The third kappa shape index (κ3) is 2.78. The normalized spacial score (nSPS) is 29.3. The first-order valence-electron chi connectivity index (χ1n) is 8.33. The summed E-state index contributed by atoms with van der Waals surface area (Å²) in [5, 5.41) is 0. The molecule has 3 fully saturated rings. The van der Waals surface area contributed by atoms with Gasteiger partial charge in [-0.15, -0.1) is 0 Å². The van der Waals surface area contributed by atoms with E-state index in [1.54, 1.807) is 11.2 Å². The fourth-order valence-corrected chi connectivity index (χ4v) is 5.30. The zero-order valence-corrected chi connectivity index (χ0v) is 14.1. The largest absolute Gasteiger partial charge is 0.381 e. The van der Waals surface area contributed by atoms with Crippen LogP contribution in [0, 0.1) is 11.3 Å². The van der Waals surface area contributed by atoms with Gasteiger partial charge in [0.15, 0.2) is 0 Å². The molecule has 1 spiro atoms. The number of rotatable bonds is 3. The van der Waals surface area contributed by atoms with Crippen LogP contribution in [0.3, 0.4) is 0 Å². The predicted octanol–water partition coefficient (Wildman–Crippen LogP) is 0.687. The second-order valence-electron chi connectivity index (χ2n) is 6.75. The Morgan fingerprint density at radius 1 is 1.23 bits per heavy atom. The van der Waals surface area contributed by atoms with E-state index >= 15 is 0 Å². The minimum absolute atomic E-state index is 0.101. The monoisotopic (exact) mass is 330 g/mol. The average Bonchev–Trinajstić information content (AvgIpc) is 3.16. The maximum atomic E-state index is 12.9. The van der Waals surface area contributed by atoms with Crippen molar-refractivity contribution in [2.24, 2.45) is 11.3 Å². The number of likely N-dealkylation sites (tertiary alicyclic amines) is 1. The first-order chi connectivity index (χ1) is 10.5. The van der Waals surface area contributed by atoms with Gasteiger partial charge in [0.1, 0.15) is 0 Å². The molecule has 22 heavy (non-hydrogen) atoms. The van der Waals surface area contributed by atoms with Gasteiger partial charge < -0.3 is 9.64 Å². The quantitative estimate of drug-likeness (QED) is 0.763. The van der Waals surface area contributed by atoms with Crippen molar-refractivity contribution in [3.63, 3.8) is 0 Å². The molecule has 126 valence electrons. The van der Waals surface area contributed by atoms with E-state index in [1.165, 1.54) is 0 Å². The zero-order chi connectivity index (χ0) is 15.8. The molecule has 3 heterocycles. The highest BCUT2D eigenvalue weighted by Gasteiger charge is 2.53. The number of ether oxygens (including phenoxy) is 1. The van der Waals surface area contributed by atoms with Crippen molar-refractivity contribution in [3.05, 3.63) is 0 Å². The summed E-state index contributed by atoms with van der Waals surface area (Å²) in [6.07, 6.45) is 3.69. The molecule has 0 bridgehead atoms. The Hall–Kier alpha value is -0.660. The average molecular weight is 330 g/mol. The molecule has 7 heteroatoms. The Kier molecular flexibility index (Phi) is 4.49. The lowest BCUT2D eigenvalue weighted by Gasteiger charge is -2.38. The van der Waals surface area contributed by atoms with E-state index in [-0.39, 0.29) is 23.0 Å². The van der Waals surface area contributed by atoms with E-state index in [2.05, 4.69) is 0 Å². The molecule has 3 aliphatic heterocycles. The van der Waals surface area contributed by atoms with Crippen LogP contribution in [0.25, 0.3) is 0 Å². The van der Waals surface area contributed by atoms with E-state index in [9.17, 15) is 13.2 Å². The molecule has 0 aromatic heterocycles. The Balaban J connectivity index is 1.85. The molecule has 0 aliphatic carbocycles. The maximum absolute atomic E-state index is 12.9. The number of hydrogen-bond donors (Lipinski definition) is 0. The van der Waals surface area contributed by atoms with Crippen LogP contribution in [-0.4, -0.2) is 68.7 Å². The highest BCUT2D eigenvalue weighted by atomic mass is 32.2. The van der Waals surface area contributed by atoms with Crippen molar-refractivity contribution in [2.75, 3.05) is 45.1 Å². The van der Waals surface area contributed by atoms with Gasteiger partial charge in [-0.3, -0.25) is 4.79 Å². The molecule has 6 nitrogen and oxygen atoms in total. The summed E-state index contributed by atoms with van der Waals surface area (Å²) in [6, 6.07) is 0. The SMILES string of the molecule is CCS(=O)(=O)N1CC(C(=O)N2CCCC2)C2(CCOCC2)C1. The van der Waals surface area contributed by atoms with Crippen LogP contribution < -0.4 is 0 Å². The van der Waals surface area contributed by atoms with Crippen molar-refractivity contribution in [2.45, 2.75) is 32.6 Å². The molecule has 3 aliphatic rings. The molecule has 1 amide bonds. The number of nitrogens with zero attached hydrogens (tertiary/aromatic N) is 2. The van der Waals surface area contributed by atoms with Crippen LogP contribution in [-0.2, 0) is 19.6 Å². The number of sulfonamides is 1. The van der Waals surface area contributed by atoms with E-state index in [1.807, 2.05) is 4.90 Å². The minimum Gasteiger partial charge on any atom is -0.381 e. The topological polar surface area (TPSA) is 66.9 Å². The molecular formula is C15H26N2O4S. The standard InChI is InChI=1S/C15H26N2O4S/c1-2-22(19,20)17-11-13(14(18)16-7-3-4-8-16)15(12-17)5-9-21-10-6-15/h13H,2-12H2,1H3. The van der Waals surface area contributed by atoms with E-state index in [4.69, 9.17) is 4.74 Å². The van der Waals surface area contributed by atoms with Crippen LogP contribution in [0.2, 0.25) is 0 Å². The molecule has 3 saturated heterocycles. The molecule has 0 radical (unpaired) electrons. The molecule has 0 aromatic rings. The first-order valence-corrected chi connectivity index (χ1v) is 9.94. The summed E-state index contributed by atoms with van der Waals surface area (Å²) in [5.41, 5.74) is -0.222. The molecule has 0 saturated carbocycles. The lowest BCUT2D eigenvalue weighted by Crippen LogP contribution is -2.45. The third-order valence-electron chi connectivity index (χ3n) is 5.58. The third-order valence-corrected chi connectivity index (χ3v) is 7.37. The van der Waals surface area contributed by atoms with Gasteiger partial charge in [0.2, 0.25) is 15.9 Å². The van der Waals surface area contributed by atoms with Crippen LogP contribution in [0.15, 0.2) is 0 Å². The Bertz CT molecular complexity index is 522. The minimum atomic E-state index is -3.24. The molecule has 1 atom stereocenters. The fraction of sp³-hybridized carbons (Fsp3) is 0.933. The number of hydrogen-bond acceptors (Lipinski definition) is 4. The van der Waals surface area contributed by atoms with E-state index < -0.39 is 10.0 Å². The Morgan fingerprint density at radius 2 is 1.86 bits per heavy atom. The molecule has 0 N–H and O–H groups in total. The van der Waals surface area contributed by atoms with Gasteiger partial charge in [0, 0.05) is 44.8 Å². The maximum Gasteiger partial charge on any atom is 0.227 e. The number of carbonyl (C=O) groups excluding carboxylic acids is 1. The summed E-state index contributed by atoms with van der Waals surface area (Å²) < 4.78 is 31.6. The van der Waals surface area contributed by atoms with Crippen molar-refractivity contribution in [3.8, 4) is 0 Å². The van der Waals surface area contributed by atoms with Gasteiger partial charge in [-0.05, 0) is 32.6 Å². The lowest BCUT2D eigenvalue weighted by molar-refractivity contribution is -0.139. The zero-order valence-electron chi connectivity index (χ0n) is 13.3. The molecular weight excluding hydrogens is 304 g/mol. The Labute approximate surface area is 132 Å². The van der Waals surface area contributed by atoms with Crippen LogP contribution in [0.4, 0.5) is 0 Å². The van der Waals surface area contributed by atoms with Crippen LogP contribution in [0.5, 0.6) is 0 Å². The predicted molar refractivity (Wildman–Crippen MR) is 82.8 cm³/mol. The summed E-state index contributed by atoms with van der Waals surface area (Å²) >= 11 is 0. The smallest absolute Gasteiger partial charge is 0.227 e. The van der Waals surface area contributed by atoms with Crippen molar-refractivity contribution in [1.82, 2.24) is 9.21 Å². The molecule has 3 rings (SSSR count).